The first-order chi connectivity index (χ1) is 8.24. The summed E-state index contributed by atoms with van der Waals surface area (Å²) in [5, 5.41) is 9.42. The van der Waals surface area contributed by atoms with Crippen LogP contribution in [0.3, 0.4) is 0 Å². The average Bonchev–Trinajstić information content (AvgIpc) is 3.00. The van der Waals surface area contributed by atoms with Crippen LogP contribution in [0.15, 0.2) is 18.2 Å². The van der Waals surface area contributed by atoms with Crippen LogP contribution in [0.1, 0.15) is 18.4 Å². The highest BCUT2D eigenvalue weighted by Gasteiger charge is 2.51. The molecule has 1 aliphatic carbocycles. The lowest BCUT2D eigenvalue weighted by atomic mass is 9.96. The van der Waals surface area contributed by atoms with Gasteiger partial charge in [-0.15, -0.1) is 0 Å². The van der Waals surface area contributed by atoms with Crippen LogP contribution in [0.2, 0.25) is 5.02 Å². The molecule has 2 rings (SSSR count). The van der Waals surface area contributed by atoms with Gasteiger partial charge in [0.2, 0.25) is 10.0 Å². The number of carboxylic acid groups (broad SMARTS) is 1. The standard InChI is InChI=1S/C11H12ClNO4S/c1-18(16,17)13-9-6-7(2-3-8(9)12)11(4-5-11)10(14)15/h2-3,6,13H,4-5H2,1H3,(H,14,15). The van der Waals surface area contributed by atoms with E-state index in [1.165, 1.54) is 12.1 Å². The normalized spacial score (nSPS) is 17.2. The summed E-state index contributed by atoms with van der Waals surface area (Å²) < 4.78 is 24.6. The van der Waals surface area contributed by atoms with Gasteiger partial charge in [0, 0.05) is 0 Å². The molecule has 1 aliphatic rings. The summed E-state index contributed by atoms with van der Waals surface area (Å²) in [7, 11) is -3.44. The number of halogens is 1. The van der Waals surface area contributed by atoms with Crippen LogP contribution in [0.5, 0.6) is 0 Å². The summed E-state index contributed by atoms with van der Waals surface area (Å²) in [5.41, 5.74) is -0.0897. The molecule has 0 atom stereocenters. The third-order valence-corrected chi connectivity index (χ3v) is 3.89. The van der Waals surface area contributed by atoms with Gasteiger partial charge in [0.15, 0.2) is 0 Å². The Labute approximate surface area is 110 Å². The van der Waals surface area contributed by atoms with Gasteiger partial charge < -0.3 is 5.11 Å². The van der Waals surface area contributed by atoms with Crippen molar-refractivity contribution in [3.8, 4) is 0 Å². The van der Waals surface area contributed by atoms with E-state index in [1.54, 1.807) is 6.07 Å². The molecule has 7 heteroatoms. The van der Waals surface area contributed by atoms with Gasteiger partial charge in [0.1, 0.15) is 0 Å². The number of hydrogen-bond acceptors (Lipinski definition) is 3. The number of anilines is 1. The lowest BCUT2D eigenvalue weighted by Gasteiger charge is -2.13. The van der Waals surface area contributed by atoms with E-state index in [2.05, 4.69) is 4.72 Å². The number of carbonyl (C=O) groups is 1. The molecule has 0 heterocycles. The molecule has 98 valence electrons. The Kier molecular flexibility index (Phi) is 3.03. The summed E-state index contributed by atoms with van der Waals surface area (Å²) >= 11 is 5.88. The van der Waals surface area contributed by atoms with E-state index in [4.69, 9.17) is 11.6 Å². The number of hydrogen-bond donors (Lipinski definition) is 2. The van der Waals surface area contributed by atoms with E-state index < -0.39 is 21.4 Å². The van der Waals surface area contributed by atoms with Gasteiger partial charge in [-0.3, -0.25) is 9.52 Å². The van der Waals surface area contributed by atoms with E-state index in [9.17, 15) is 18.3 Å². The Morgan fingerprint density at radius 3 is 2.50 bits per heavy atom. The van der Waals surface area contributed by atoms with Crippen molar-refractivity contribution in [3.05, 3.63) is 28.8 Å². The number of carboxylic acids is 1. The highest BCUT2D eigenvalue weighted by Crippen LogP contribution is 2.49. The fourth-order valence-electron chi connectivity index (χ4n) is 1.85. The molecule has 0 bridgehead atoms. The van der Waals surface area contributed by atoms with Crippen LogP contribution in [0, 0.1) is 0 Å². The van der Waals surface area contributed by atoms with Gasteiger partial charge in [-0.1, -0.05) is 17.7 Å². The van der Waals surface area contributed by atoms with Crippen molar-refractivity contribution in [3.63, 3.8) is 0 Å². The molecule has 0 radical (unpaired) electrons. The molecule has 0 aliphatic heterocycles. The molecule has 1 fully saturated rings. The SMILES string of the molecule is CS(=O)(=O)Nc1cc(C2(C(=O)O)CC2)ccc1Cl. The second-order valence-corrected chi connectivity index (χ2v) is 6.61. The van der Waals surface area contributed by atoms with E-state index in [1.807, 2.05) is 0 Å². The smallest absolute Gasteiger partial charge is 0.314 e. The number of benzene rings is 1. The Bertz CT molecular complexity index is 607. The van der Waals surface area contributed by atoms with Crippen molar-refractivity contribution in [2.75, 3.05) is 11.0 Å². The van der Waals surface area contributed by atoms with Gasteiger partial charge >= 0.3 is 5.97 Å². The zero-order valence-electron chi connectivity index (χ0n) is 9.60. The minimum atomic E-state index is -3.44. The molecule has 0 amide bonds. The average molecular weight is 290 g/mol. The summed E-state index contributed by atoms with van der Waals surface area (Å²) in [5.74, 6) is -0.893. The van der Waals surface area contributed by atoms with Crippen LogP contribution in [-0.4, -0.2) is 25.7 Å². The summed E-state index contributed by atoms with van der Waals surface area (Å²) in [6.45, 7) is 0. The Balaban J connectivity index is 2.42. The predicted molar refractivity (Wildman–Crippen MR) is 68.5 cm³/mol. The molecule has 18 heavy (non-hydrogen) atoms. The third-order valence-electron chi connectivity index (χ3n) is 2.97. The minimum absolute atomic E-state index is 0.212. The van der Waals surface area contributed by atoms with E-state index >= 15 is 0 Å². The monoisotopic (exact) mass is 289 g/mol. The molecule has 0 unspecified atom stereocenters. The van der Waals surface area contributed by atoms with E-state index in [0.717, 1.165) is 6.26 Å². The van der Waals surface area contributed by atoms with Crippen molar-refractivity contribution >= 4 is 33.3 Å². The molecule has 0 aromatic heterocycles. The first-order valence-electron chi connectivity index (χ1n) is 5.26. The second-order valence-electron chi connectivity index (χ2n) is 4.46. The van der Waals surface area contributed by atoms with Gasteiger partial charge in [0.25, 0.3) is 0 Å². The molecule has 1 aromatic rings. The molecule has 0 spiro atoms. The summed E-state index contributed by atoms with van der Waals surface area (Å²) in [6.07, 6.45) is 2.13. The van der Waals surface area contributed by atoms with Crippen LogP contribution >= 0.6 is 11.6 Å². The van der Waals surface area contributed by atoms with Crippen molar-refractivity contribution in [1.82, 2.24) is 0 Å². The summed E-state index contributed by atoms with van der Waals surface area (Å²) in [6, 6.07) is 4.62. The molecular weight excluding hydrogens is 278 g/mol. The highest BCUT2D eigenvalue weighted by molar-refractivity contribution is 7.92. The van der Waals surface area contributed by atoms with Crippen molar-refractivity contribution in [2.45, 2.75) is 18.3 Å². The number of nitrogens with one attached hydrogen (secondary N) is 1. The molecule has 5 nitrogen and oxygen atoms in total. The van der Waals surface area contributed by atoms with Crippen molar-refractivity contribution in [2.24, 2.45) is 0 Å². The van der Waals surface area contributed by atoms with Crippen LogP contribution in [0.4, 0.5) is 5.69 Å². The summed E-state index contributed by atoms with van der Waals surface area (Å²) in [4.78, 5) is 11.2. The fraction of sp³-hybridized carbons (Fsp3) is 0.364. The van der Waals surface area contributed by atoms with E-state index in [0.29, 0.717) is 18.4 Å². The predicted octanol–water partition coefficient (Wildman–Crippen LogP) is 1.83. The lowest BCUT2D eigenvalue weighted by molar-refractivity contribution is -0.140. The van der Waals surface area contributed by atoms with E-state index in [-0.39, 0.29) is 10.7 Å². The maximum atomic E-state index is 11.2. The van der Waals surface area contributed by atoms with Gasteiger partial charge in [-0.2, -0.15) is 0 Å². The van der Waals surface area contributed by atoms with Crippen molar-refractivity contribution < 1.29 is 18.3 Å². The topological polar surface area (TPSA) is 83.5 Å². The molecular formula is C11H12ClNO4S. The molecule has 1 saturated carbocycles. The zero-order valence-corrected chi connectivity index (χ0v) is 11.2. The Morgan fingerprint density at radius 2 is 2.06 bits per heavy atom. The third kappa shape index (κ3) is 2.44. The number of rotatable bonds is 4. The number of aliphatic carboxylic acids is 1. The van der Waals surface area contributed by atoms with Crippen LogP contribution in [-0.2, 0) is 20.2 Å². The Morgan fingerprint density at radius 1 is 1.44 bits per heavy atom. The quantitative estimate of drug-likeness (QED) is 0.886. The fourth-order valence-corrected chi connectivity index (χ4v) is 2.64. The lowest BCUT2D eigenvalue weighted by Crippen LogP contribution is -2.20. The first-order valence-corrected chi connectivity index (χ1v) is 7.53. The van der Waals surface area contributed by atoms with Crippen molar-refractivity contribution in [1.29, 1.82) is 0 Å². The largest absolute Gasteiger partial charge is 0.481 e. The Hall–Kier alpha value is -1.27. The number of sulfonamides is 1. The molecule has 1 aromatic carbocycles. The maximum absolute atomic E-state index is 11.2. The molecule has 2 N–H and O–H groups in total. The van der Waals surface area contributed by atoms with Gasteiger partial charge in [-0.25, -0.2) is 8.42 Å². The highest BCUT2D eigenvalue weighted by atomic mass is 35.5. The van der Waals surface area contributed by atoms with Crippen LogP contribution in [0.25, 0.3) is 0 Å². The maximum Gasteiger partial charge on any atom is 0.314 e. The zero-order chi connectivity index (χ0) is 13.6. The van der Waals surface area contributed by atoms with Gasteiger partial charge in [-0.05, 0) is 30.5 Å². The first kappa shape index (κ1) is 13.2. The second kappa shape index (κ2) is 4.13. The molecule has 0 saturated heterocycles. The van der Waals surface area contributed by atoms with Gasteiger partial charge in [0.05, 0.1) is 22.4 Å². The minimum Gasteiger partial charge on any atom is -0.481 e. The van der Waals surface area contributed by atoms with Crippen LogP contribution < -0.4 is 4.72 Å².